The van der Waals surface area contributed by atoms with Crippen molar-refractivity contribution in [1.29, 1.82) is 0 Å². The number of carbonyl (C=O) groups excluding carboxylic acids is 1. The van der Waals surface area contributed by atoms with Gasteiger partial charge in [-0.3, -0.25) is 4.79 Å². The molecule has 0 aromatic heterocycles. The molecule has 0 bridgehead atoms. The molecule has 1 atom stereocenters. The highest BCUT2D eigenvalue weighted by Crippen LogP contribution is 2.21. The van der Waals surface area contributed by atoms with Gasteiger partial charge in [0.15, 0.2) is 0 Å². The molecule has 1 amide bonds. The van der Waals surface area contributed by atoms with Crippen LogP contribution in [-0.2, 0) is 4.79 Å². The summed E-state index contributed by atoms with van der Waals surface area (Å²) in [4.78, 5) is 11.4. The Balaban J connectivity index is 2.74. The number of carbonyl (C=O) groups is 1. The van der Waals surface area contributed by atoms with Crippen molar-refractivity contribution in [2.75, 3.05) is 5.32 Å². The molecule has 0 spiro atoms. The molecule has 0 radical (unpaired) electrons. The van der Waals surface area contributed by atoms with E-state index >= 15 is 0 Å². The number of anilines is 1. The van der Waals surface area contributed by atoms with Crippen LogP contribution in [0.3, 0.4) is 0 Å². The van der Waals surface area contributed by atoms with E-state index in [-0.39, 0.29) is 21.7 Å². The molecular weight excluding hydrogens is 296 g/mol. The van der Waals surface area contributed by atoms with Crippen molar-refractivity contribution < 1.29 is 9.18 Å². The predicted molar refractivity (Wildman–Crippen MR) is 67.6 cm³/mol. The monoisotopic (exact) mass is 307 g/mol. The number of amides is 1. The van der Waals surface area contributed by atoms with Crippen molar-refractivity contribution in [3.05, 3.63) is 29.0 Å². The highest BCUT2D eigenvalue weighted by Gasteiger charge is 2.18. The van der Waals surface area contributed by atoms with Gasteiger partial charge in [-0.2, -0.15) is 0 Å². The molecule has 88 valence electrons. The molecule has 1 unspecified atom stereocenters. The van der Waals surface area contributed by atoms with Gasteiger partial charge >= 0.3 is 0 Å². The van der Waals surface area contributed by atoms with Gasteiger partial charge in [0.25, 0.3) is 0 Å². The maximum atomic E-state index is 12.9. The van der Waals surface area contributed by atoms with E-state index in [9.17, 15) is 9.18 Å². The van der Waals surface area contributed by atoms with Gasteiger partial charge in [-0.1, -0.05) is 41.4 Å². The second-order valence-electron chi connectivity index (χ2n) is 3.76. The molecule has 0 aliphatic heterocycles. The van der Waals surface area contributed by atoms with Crippen molar-refractivity contribution in [3.63, 3.8) is 0 Å². The lowest BCUT2D eigenvalue weighted by Gasteiger charge is -2.13. The second-order valence-corrected chi connectivity index (χ2v) is 5.16. The number of nitrogens with one attached hydrogen (secondary N) is 1. The Morgan fingerprint density at radius 1 is 1.50 bits per heavy atom. The van der Waals surface area contributed by atoms with Gasteiger partial charge in [-0.25, -0.2) is 4.39 Å². The first-order chi connectivity index (χ1) is 7.41. The van der Waals surface area contributed by atoms with Crippen LogP contribution in [0.25, 0.3) is 0 Å². The molecule has 0 saturated heterocycles. The van der Waals surface area contributed by atoms with Crippen LogP contribution in [0.1, 0.15) is 13.8 Å². The van der Waals surface area contributed by atoms with E-state index < -0.39 is 5.82 Å². The van der Waals surface area contributed by atoms with Crippen molar-refractivity contribution in [1.82, 2.24) is 0 Å². The summed E-state index contributed by atoms with van der Waals surface area (Å²) in [5.74, 6) is -0.493. The molecule has 1 aromatic carbocycles. The van der Waals surface area contributed by atoms with E-state index in [0.717, 1.165) is 0 Å². The topological polar surface area (TPSA) is 29.1 Å². The predicted octanol–water partition coefficient (Wildman–Crippen LogP) is 3.84. The largest absolute Gasteiger partial charge is 0.325 e. The van der Waals surface area contributed by atoms with Crippen molar-refractivity contribution >= 4 is 39.1 Å². The van der Waals surface area contributed by atoms with Gasteiger partial charge in [0.1, 0.15) is 5.82 Å². The second kappa shape index (κ2) is 5.64. The van der Waals surface area contributed by atoms with E-state index in [1.165, 1.54) is 18.2 Å². The van der Waals surface area contributed by atoms with Gasteiger partial charge < -0.3 is 5.32 Å². The number of benzene rings is 1. The molecule has 0 aliphatic carbocycles. The Labute approximate surface area is 107 Å². The molecule has 0 heterocycles. The van der Waals surface area contributed by atoms with E-state index in [1.807, 2.05) is 13.8 Å². The first-order valence-corrected chi connectivity index (χ1v) is 6.11. The Kier molecular flexibility index (Phi) is 4.74. The smallest absolute Gasteiger partial charge is 0.238 e. The standard InChI is InChI=1S/C11H12BrClFNO/c1-6(2)10(12)11(16)15-7-3-4-9(14)8(13)5-7/h3-6,10H,1-2H3,(H,15,16). The van der Waals surface area contributed by atoms with Crippen LogP contribution in [0.2, 0.25) is 5.02 Å². The highest BCUT2D eigenvalue weighted by molar-refractivity contribution is 9.10. The molecule has 1 aromatic rings. The normalized spacial score (nSPS) is 12.6. The third-order valence-corrected chi connectivity index (χ3v) is 3.79. The van der Waals surface area contributed by atoms with Crippen LogP contribution in [0.4, 0.5) is 10.1 Å². The third-order valence-electron chi connectivity index (χ3n) is 2.02. The summed E-state index contributed by atoms with van der Waals surface area (Å²) >= 11 is 8.88. The zero-order valence-corrected chi connectivity index (χ0v) is 11.3. The van der Waals surface area contributed by atoms with Gasteiger partial charge in [0.2, 0.25) is 5.91 Å². The summed E-state index contributed by atoms with van der Waals surface area (Å²) in [6, 6.07) is 4.07. The van der Waals surface area contributed by atoms with E-state index in [0.29, 0.717) is 5.69 Å². The summed E-state index contributed by atoms with van der Waals surface area (Å²) in [5.41, 5.74) is 0.488. The number of halogens is 3. The van der Waals surface area contributed by atoms with Crippen LogP contribution in [0.5, 0.6) is 0 Å². The van der Waals surface area contributed by atoms with Crippen molar-refractivity contribution in [2.45, 2.75) is 18.7 Å². The average molecular weight is 309 g/mol. The molecule has 0 saturated carbocycles. The Morgan fingerprint density at radius 3 is 2.62 bits per heavy atom. The van der Waals surface area contributed by atoms with Crippen LogP contribution in [-0.4, -0.2) is 10.7 Å². The fourth-order valence-corrected chi connectivity index (χ4v) is 1.38. The van der Waals surface area contributed by atoms with Crippen LogP contribution in [0.15, 0.2) is 18.2 Å². The zero-order chi connectivity index (χ0) is 12.3. The molecule has 5 heteroatoms. The fraction of sp³-hybridized carbons (Fsp3) is 0.364. The van der Waals surface area contributed by atoms with Gasteiger partial charge in [0, 0.05) is 5.69 Å². The van der Waals surface area contributed by atoms with Gasteiger partial charge in [-0.15, -0.1) is 0 Å². The molecule has 0 fully saturated rings. The van der Waals surface area contributed by atoms with E-state index in [1.54, 1.807) is 0 Å². The van der Waals surface area contributed by atoms with Crippen LogP contribution in [0, 0.1) is 11.7 Å². The molecule has 0 aliphatic rings. The maximum absolute atomic E-state index is 12.9. The van der Waals surface area contributed by atoms with E-state index in [4.69, 9.17) is 11.6 Å². The van der Waals surface area contributed by atoms with Gasteiger partial charge in [-0.05, 0) is 24.1 Å². The molecule has 16 heavy (non-hydrogen) atoms. The molecule has 1 rings (SSSR count). The Hall–Kier alpha value is -0.610. The zero-order valence-electron chi connectivity index (χ0n) is 8.93. The molecular formula is C11H12BrClFNO. The van der Waals surface area contributed by atoms with E-state index in [2.05, 4.69) is 21.2 Å². The summed E-state index contributed by atoms with van der Waals surface area (Å²) in [7, 11) is 0. The number of hydrogen-bond acceptors (Lipinski definition) is 1. The molecule has 2 nitrogen and oxygen atoms in total. The minimum atomic E-state index is -0.501. The SMILES string of the molecule is CC(C)C(Br)C(=O)Nc1ccc(F)c(Cl)c1. The average Bonchev–Trinajstić information content (AvgIpc) is 2.22. The third kappa shape index (κ3) is 3.46. The summed E-state index contributed by atoms with van der Waals surface area (Å²) in [6.45, 7) is 3.85. The van der Waals surface area contributed by atoms with Gasteiger partial charge in [0.05, 0.1) is 9.85 Å². The van der Waals surface area contributed by atoms with Crippen LogP contribution >= 0.6 is 27.5 Å². The lowest BCUT2D eigenvalue weighted by atomic mass is 10.1. The fourth-order valence-electron chi connectivity index (χ4n) is 1.09. The van der Waals surface area contributed by atoms with Crippen molar-refractivity contribution in [3.8, 4) is 0 Å². The maximum Gasteiger partial charge on any atom is 0.238 e. The molecule has 1 N–H and O–H groups in total. The number of hydrogen-bond donors (Lipinski definition) is 1. The lowest BCUT2D eigenvalue weighted by Crippen LogP contribution is -2.26. The first kappa shape index (κ1) is 13.5. The Bertz CT molecular complexity index is 398. The summed E-state index contributed by atoms with van der Waals surface area (Å²) in [6.07, 6.45) is 0. The summed E-state index contributed by atoms with van der Waals surface area (Å²) in [5, 5.41) is 2.65. The van der Waals surface area contributed by atoms with Crippen LogP contribution < -0.4 is 5.32 Å². The quantitative estimate of drug-likeness (QED) is 0.845. The van der Waals surface area contributed by atoms with Crippen molar-refractivity contribution in [2.24, 2.45) is 5.92 Å². The number of rotatable bonds is 3. The highest BCUT2D eigenvalue weighted by atomic mass is 79.9. The summed E-state index contributed by atoms with van der Waals surface area (Å²) < 4.78 is 12.9. The number of alkyl halides is 1. The minimum Gasteiger partial charge on any atom is -0.325 e. The lowest BCUT2D eigenvalue weighted by molar-refractivity contribution is -0.116. The minimum absolute atomic E-state index is 0.00605. The first-order valence-electron chi connectivity index (χ1n) is 4.82. The Morgan fingerprint density at radius 2 is 2.12 bits per heavy atom.